The van der Waals surface area contributed by atoms with Gasteiger partial charge in [0.2, 0.25) is 5.91 Å². The largest absolute Gasteiger partial charge is 0.352 e. The van der Waals surface area contributed by atoms with E-state index in [0.717, 1.165) is 12.0 Å². The predicted molar refractivity (Wildman–Crippen MR) is 84.4 cm³/mol. The monoisotopic (exact) mass is 331 g/mol. The van der Waals surface area contributed by atoms with Crippen LogP contribution in [0.25, 0.3) is 0 Å². The summed E-state index contributed by atoms with van der Waals surface area (Å²) in [7, 11) is 1.66. The Hall–Kier alpha value is -1.46. The number of hydrogen-bond donors (Lipinski definition) is 2. The van der Waals surface area contributed by atoms with Crippen molar-refractivity contribution in [1.82, 2.24) is 10.2 Å². The number of nitrogens with one attached hydrogen (secondary N) is 1. The molecule has 0 heterocycles. The molecule has 0 saturated heterocycles. The number of nitrogens with zero attached hydrogens (tertiary/aromatic N) is 1. The molecule has 0 bridgehead atoms. The van der Waals surface area contributed by atoms with Gasteiger partial charge in [0.25, 0.3) is 0 Å². The van der Waals surface area contributed by atoms with Gasteiger partial charge in [-0.25, -0.2) is 4.79 Å². The zero-order valence-corrected chi connectivity index (χ0v) is 13.5. The molecule has 0 aromatic heterocycles. The average Bonchev–Trinajstić information content (AvgIpc) is 2.35. The maximum Gasteiger partial charge on any atom is 0.312 e. The maximum atomic E-state index is 12.3. The van der Waals surface area contributed by atoms with Crippen molar-refractivity contribution in [3.8, 4) is 0 Å². The van der Waals surface area contributed by atoms with Gasteiger partial charge in [-0.05, 0) is 30.2 Å². The highest BCUT2D eigenvalue weighted by molar-refractivity contribution is 6.34. The van der Waals surface area contributed by atoms with Crippen molar-refractivity contribution >= 4 is 35.1 Å². The Balaban J connectivity index is 2.77. The summed E-state index contributed by atoms with van der Waals surface area (Å²) in [6.45, 7) is 2.28. The summed E-state index contributed by atoms with van der Waals surface area (Å²) in [5.74, 6) is -0.202. The van der Waals surface area contributed by atoms with Gasteiger partial charge in [-0.2, -0.15) is 0 Å². The van der Waals surface area contributed by atoms with Crippen LogP contribution < -0.4 is 11.1 Å². The van der Waals surface area contributed by atoms with Gasteiger partial charge in [-0.1, -0.05) is 36.5 Å². The molecule has 0 fully saturated rings. The Morgan fingerprint density at radius 1 is 1.29 bits per heavy atom. The number of likely N-dealkylation sites (N-methyl/N-ethyl adjacent to an activating group) is 1. The van der Waals surface area contributed by atoms with E-state index in [0.29, 0.717) is 23.0 Å². The summed E-state index contributed by atoms with van der Waals surface area (Å²) in [6, 6.07) is 3.79. The van der Waals surface area contributed by atoms with Gasteiger partial charge in [-0.3, -0.25) is 4.79 Å². The molecule has 7 heteroatoms. The molecule has 3 N–H and O–H groups in total. The summed E-state index contributed by atoms with van der Waals surface area (Å²) < 4.78 is 0. The number of benzene rings is 1. The third kappa shape index (κ3) is 5.81. The molecule has 0 unspecified atom stereocenters. The Bertz CT molecular complexity index is 503. The van der Waals surface area contributed by atoms with Crippen molar-refractivity contribution in [1.29, 1.82) is 0 Å². The van der Waals surface area contributed by atoms with Crippen LogP contribution in [0.5, 0.6) is 0 Å². The zero-order valence-electron chi connectivity index (χ0n) is 12.0. The zero-order chi connectivity index (χ0) is 16.0. The number of nitrogens with two attached hydrogens (primary N) is 1. The lowest BCUT2D eigenvalue weighted by molar-refractivity contribution is -0.132. The van der Waals surface area contributed by atoms with Crippen LogP contribution in [0, 0.1) is 0 Å². The molecule has 1 atom stereocenters. The molecule has 5 nitrogen and oxygen atoms in total. The number of rotatable bonds is 6. The molecule has 0 aliphatic heterocycles. The van der Waals surface area contributed by atoms with Crippen molar-refractivity contribution in [3.05, 3.63) is 33.8 Å². The number of hydrogen-bond acceptors (Lipinski definition) is 2. The fourth-order valence-corrected chi connectivity index (χ4v) is 2.61. The topological polar surface area (TPSA) is 75.4 Å². The molecular weight excluding hydrogens is 313 g/mol. The highest BCUT2D eigenvalue weighted by Gasteiger charge is 2.22. The summed E-state index contributed by atoms with van der Waals surface area (Å²) in [4.78, 5) is 24.8. The third-order valence-corrected chi connectivity index (χ3v) is 3.35. The van der Waals surface area contributed by atoms with Crippen LogP contribution in [0.3, 0.4) is 0 Å². The van der Waals surface area contributed by atoms with E-state index in [-0.39, 0.29) is 5.91 Å². The summed E-state index contributed by atoms with van der Waals surface area (Å²) in [5.41, 5.74) is 5.92. The van der Waals surface area contributed by atoms with E-state index in [1.54, 1.807) is 25.2 Å². The van der Waals surface area contributed by atoms with Crippen molar-refractivity contribution in [2.45, 2.75) is 32.4 Å². The molecule has 1 aromatic carbocycles. The fraction of sp³-hybridized carbons (Fsp3) is 0.429. The molecular formula is C14H19Cl2N3O2. The van der Waals surface area contributed by atoms with Crippen LogP contribution in [0.15, 0.2) is 18.2 Å². The van der Waals surface area contributed by atoms with Gasteiger partial charge in [0.1, 0.15) is 6.04 Å². The van der Waals surface area contributed by atoms with Gasteiger partial charge in [0.05, 0.1) is 0 Å². The smallest absolute Gasteiger partial charge is 0.312 e. The Morgan fingerprint density at radius 3 is 2.33 bits per heavy atom. The SMILES string of the molecule is CCC[C@@H](NC(N)=O)C(=O)N(C)Cc1cc(Cl)cc(Cl)c1. The van der Waals surface area contributed by atoms with Gasteiger partial charge in [-0.15, -0.1) is 0 Å². The molecule has 0 radical (unpaired) electrons. The van der Waals surface area contributed by atoms with E-state index in [1.807, 2.05) is 6.92 Å². The molecule has 0 aliphatic rings. The fourth-order valence-electron chi connectivity index (χ4n) is 2.04. The lowest BCUT2D eigenvalue weighted by Crippen LogP contribution is -2.48. The average molecular weight is 332 g/mol. The highest BCUT2D eigenvalue weighted by atomic mass is 35.5. The van der Waals surface area contributed by atoms with Crippen LogP contribution in [0.4, 0.5) is 4.79 Å². The molecule has 0 aliphatic carbocycles. The summed E-state index contributed by atoms with van der Waals surface area (Å²) in [6.07, 6.45) is 1.29. The minimum absolute atomic E-state index is 0.202. The second-order valence-electron chi connectivity index (χ2n) is 4.82. The van der Waals surface area contributed by atoms with E-state index < -0.39 is 12.1 Å². The third-order valence-electron chi connectivity index (χ3n) is 2.91. The lowest BCUT2D eigenvalue weighted by atomic mass is 10.1. The predicted octanol–water partition coefficient (Wildman–Crippen LogP) is 2.79. The van der Waals surface area contributed by atoms with Gasteiger partial charge >= 0.3 is 6.03 Å². The number of amides is 3. The van der Waals surface area contributed by atoms with Crippen molar-refractivity contribution in [2.24, 2.45) is 5.73 Å². The van der Waals surface area contributed by atoms with Crippen molar-refractivity contribution in [3.63, 3.8) is 0 Å². The molecule has 1 aromatic rings. The molecule has 3 amide bonds. The number of carbonyl (C=O) groups excluding carboxylic acids is 2. The first-order valence-electron chi connectivity index (χ1n) is 6.59. The number of carbonyl (C=O) groups is 2. The number of urea groups is 1. The normalized spacial score (nSPS) is 11.8. The first-order valence-corrected chi connectivity index (χ1v) is 7.35. The van der Waals surface area contributed by atoms with Crippen LogP contribution in [-0.4, -0.2) is 29.9 Å². The summed E-state index contributed by atoms with van der Waals surface area (Å²) >= 11 is 11.9. The number of primary amides is 1. The Labute approximate surface area is 134 Å². The van der Waals surface area contributed by atoms with E-state index >= 15 is 0 Å². The minimum Gasteiger partial charge on any atom is -0.352 e. The first kappa shape index (κ1) is 17.6. The Kier molecular flexibility index (Phi) is 6.78. The quantitative estimate of drug-likeness (QED) is 0.840. The van der Waals surface area contributed by atoms with E-state index in [2.05, 4.69) is 5.32 Å². The highest BCUT2D eigenvalue weighted by Crippen LogP contribution is 2.20. The van der Waals surface area contributed by atoms with Crippen LogP contribution in [0.1, 0.15) is 25.3 Å². The molecule has 0 spiro atoms. The second kappa shape index (κ2) is 8.10. The first-order chi connectivity index (χ1) is 9.83. The van der Waals surface area contributed by atoms with Crippen molar-refractivity contribution in [2.75, 3.05) is 7.05 Å². The van der Waals surface area contributed by atoms with E-state index in [1.165, 1.54) is 4.90 Å². The van der Waals surface area contributed by atoms with E-state index in [4.69, 9.17) is 28.9 Å². The molecule has 0 saturated carbocycles. The van der Waals surface area contributed by atoms with Gasteiger partial charge < -0.3 is 16.0 Å². The van der Waals surface area contributed by atoms with Gasteiger partial charge in [0.15, 0.2) is 0 Å². The van der Waals surface area contributed by atoms with E-state index in [9.17, 15) is 9.59 Å². The molecule has 116 valence electrons. The molecule has 1 rings (SSSR count). The maximum absolute atomic E-state index is 12.3. The van der Waals surface area contributed by atoms with Crippen molar-refractivity contribution < 1.29 is 9.59 Å². The minimum atomic E-state index is -0.707. The lowest BCUT2D eigenvalue weighted by Gasteiger charge is -2.24. The van der Waals surface area contributed by atoms with Gasteiger partial charge in [0, 0.05) is 23.6 Å². The second-order valence-corrected chi connectivity index (χ2v) is 5.69. The number of halogens is 2. The van der Waals surface area contributed by atoms with Crippen LogP contribution in [0.2, 0.25) is 10.0 Å². The van der Waals surface area contributed by atoms with Crippen LogP contribution >= 0.6 is 23.2 Å². The molecule has 21 heavy (non-hydrogen) atoms. The summed E-state index contributed by atoms with van der Waals surface area (Å²) in [5, 5.41) is 3.49. The van der Waals surface area contributed by atoms with Crippen LogP contribution in [-0.2, 0) is 11.3 Å². The standard InChI is InChI=1S/C14H19Cl2N3O2/c1-3-4-12(18-14(17)21)13(20)19(2)8-9-5-10(15)7-11(16)6-9/h5-7,12H,3-4,8H2,1-2H3,(H3,17,18,21)/t12-/m1/s1. The Morgan fingerprint density at radius 2 is 1.86 bits per heavy atom.